The van der Waals surface area contributed by atoms with Crippen molar-refractivity contribution < 1.29 is 14.3 Å². The van der Waals surface area contributed by atoms with Gasteiger partial charge in [-0.1, -0.05) is 0 Å². The lowest BCUT2D eigenvalue weighted by Gasteiger charge is -2.15. The molecule has 3 amide bonds. The van der Waals surface area contributed by atoms with Gasteiger partial charge in [0.1, 0.15) is 5.75 Å². The van der Waals surface area contributed by atoms with Gasteiger partial charge in [0.15, 0.2) is 5.84 Å². The lowest BCUT2D eigenvalue weighted by molar-refractivity contribution is 0.162. The molecule has 0 fully saturated rings. The number of allylic oxidation sites excluding steroid dienone is 1. The van der Waals surface area contributed by atoms with E-state index in [9.17, 15) is 9.59 Å². The summed E-state index contributed by atoms with van der Waals surface area (Å²) in [7, 11) is 2.80. The third-order valence-corrected chi connectivity index (χ3v) is 4.27. The Morgan fingerprint density at radius 1 is 1.17 bits per heavy atom. The van der Waals surface area contributed by atoms with E-state index >= 15 is 0 Å². The van der Waals surface area contributed by atoms with E-state index in [-0.39, 0.29) is 0 Å². The number of hydrogen-bond acceptors (Lipinski definition) is 5. The summed E-state index contributed by atoms with van der Waals surface area (Å²) in [5.74, 6) is 1.10. The second kappa shape index (κ2) is 5.59. The Morgan fingerprint density at radius 3 is 2.54 bits per heavy atom. The number of amides is 3. The van der Waals surface area contributed by atoms with Gasteiger partial charge in [-0.05, 0) is 38.5 Å². The van der Waals surface area contributed by atoms with Crippen LogP contribution in [-0.2, 0) is 0 Å². The van der Waals surface area contributed by atoms with Crippen LogP contribution >= 0.6 is 0 Å². The molecule has 0 saturated carbocycles. The minimum atomic E-state index is -0.749. The van der Waals surface area contributed by atoms with Gasteiger partial charge in [0, 0.05) is 36.1 Å². The van der Waals surface area contributed by atoms with Gasteiger partial charge in [-0.3, -0.25) is 0 Å². The first-order valence-electron chi connectivity index (χ1n) is 7.52. The smallest absolute Gasteiger partial charge is 0.410 e. The van der Waals surface area contributed by atoms with Gasteiger partial charge >= 0.3 is 12.1 Å². The van der Waals surface area contributed by atoms with Gasteiger partial charge in [-0.2, -0.15) is 0 Å². The second-order valence-corrected chi connectivity index (χ2v) is 5.70. The number of carbonyl (C=O) groups excluding carboxylic acids is 2. The maximum Gasteiger partial charge on any atom is 0.423 e. The normalized spacial score (nSPS) is 14.7. The van der Waals surface area contributed by atoms with E-state index in [1.807, 2.05) is 20.8 Å². The van der Waals surface area contributed by atoms with Crippen molar-refractivity contribution in [3.63, 3.8) is 0 Å². The zero-order valence-corrected chi connectivity index (χ0v) is 14.2. The molecule has 0 bridgehead atoms. The number of ether oxygens (including phenoxy) is 1. The second-order valence-electron chi connectivity index (χ2n) is 5.70. The van der Waals surface area contributed by atoms with Gasteiger partial charge in [0.2, 0.25) is 0 Å². The first-order chi connectivity index (χ1) is 11.3. The third kappa shape index (κ3) is 2.29. The van der Waals surface area contributed by atoms with Crippen LogP contribution in [0.3, 0.4) is 0 Å². The van der Waals surface area contributed by atoms with Crippen molar-refractivity contribution >= 4 is 23.5 Å². The van der Waals surface area contributed by atoms with Crippen molar-refractivity contribution in [3.8, 4) is 5.75 Å². The molecular formula is C17H18N4O3. The molecule has 1 aromatic carbocycles. The molecule has 0 aliphatic carbocycles. The molecule has 1 aromatic rings. The number of imide groups is 1. The SMILES string of the molecule is CNC(=O)N(C)C(=O)Oc1ccc2c(c1C)=C1C(=NC(C)=C1C)N=2. The van der Waals surface area contributed by atoms with Gasteiger partial charge in [0.25, 0.3) is 0 Å². The van der Waals surface area contributed by atoms with Crippen molar-refractivity contribution in [1.82, 2.24) is 10.2 Å². The van der Waals surface area contributed by atoms with Crippen molar-refractivity contribution in [2.45, 2.75) is 20.8 Å². The Bertz CT molecular complexity index is 957. The molecule has 3 rings (SSSR count). The van der Waals surface area contributed by atoms with E-state index in [1.54, 1.807) is 12.1 Å². The molecule has 0 spiro atoms. The maximum atomic E-state index is 12.1. The van der Waals surface area contributed by atoms with Crippen molar-refractivity contribution in [3.05, 3.63) is 39.5 Å². The Kier molecular flexibility index (Phi) is 3.71. The highest BCUT2D eigenvalue weighted by Crippen LogP contribution is 2.27. The lowest BCUT2D eigenvalue weighted by Crippen LogP contribution is -2.41. The number of benzene rings is 1. The van der Waals surface area contributed by atoms with Crippen LogP contribution in [0.5, 0.6) is 5.75 Å². The molecule has 0 unspecified atom stereocenters. The van der Waals surface area contributed by atoms with Crippen molar-refractivity contribution in [2.24, 2.45) is 9.98 Å². The van der Waals surface area contributed by atoms with E-state index < -0.39 is 12.1 Å². The van der Waals surface area contributed by atoms with E-state index in [0.717, 1.165) is 37.9 Å². The summed E-state index contributed by atoms with van der Waals surface area (Å²) in [5.41, 5.74) is 3.79. The Balaban J connectivity index is 2.05. The topological polar surface area (TPSA) is 83.4 Å². The fourth-order valence-electron chi connectivity index (χ4n) is 2.75. The van der Waals surface area contributed by atoms with Gasteiger partial charge in [-0.25, -0.2) is 24.5 Å². The molecule has 0 saturated heterocycles. The van der Waals surface area contributed by atoms with Crippen LogP contribution in [0, 0.1) is 6.92 Å². The van der Waals surface area contributed by atoms with Crippen molar-refractivity contribution in [2.75, 3.05) is 14.1 Å². The van der Waals surface area contributed by atoms with Crippen LogP contribution in [-0.4, -0.2) is 37.0 Å². The van der Waals surface area contributed by atoms with Gasteiger partial charge < -0.3 is 10.1 Å². The standard InChI is InChI=1S/C17H18N4O3/c1-8-10(3)19-15-14(8)13-9(2)12(7-6-11(13)20-15)24-17(23)21(5)16(22)18-4/h6-7H,1-5H3,(H,18,22). The Hall–Kier alpha value is -2.96. The Labute approximate surface area is 139 Å². The predicted molar refractivity (Wildman–Crippen MR) is 89.4 cm³/mol. The highest BCUT2D eigenvalue weighted by molar-refractivity contribution is 6.26. The third-order valence-electron chi connectivity index (χ3n) is 4.27. The van der Waals surface area contributed by atoms with Crippen LogP contribution in [0.25, 0.3) is 5.57 Å². The average molecular weight is 326 g/mol. The van der Waals surface area contributed by atoms with Crippen LogP contribution in [0.2, 0.25) is 0 Å². The molecule has 124 valence electrons. The number of nitrogens with one attached hydrogen (secondary N) is 1. The maximum absolute atomic E-state index is 12.1. The minimum absolute atomic E-state index is 0.399. The molecule has 2 aliphatic rings. The summed E-state index contributed by atoms with van der Waals surface area (Å²) in [4.78, 5) is 33.5. The number of nitrogens with zero attached hydrogens (tertiary/aromatic N) is 3. The highest BCUT2D eigenvalue weighted by atomic mass is 16.6. The number of amidine groups is 1. The van der Waals surface area contributed by atoms with E-state index in [1.165, 1.54) is 14.1 Å². The van der Waals surface area contributed by atoms with Gasteiger partial charge in [0.05, 0.1) is 5.36 Å². The van der Waals surface area contributed by atoms with E-state index in [4.69, 9.17) is 4.74 Å². The first-order valence-corrected chi connectivity index (χ1v) is 7.52. The number of fused-ring (bicyclic) bond motifs is 2. The largest absolute Gasteiger partial charge is 0.423 e. The average Bonchev–Trinajstić information content (AvgIpc) is 3.05. The molecule has 0 radical (unpaired) electrons. The fraction of sp³-hybridized carbons (Fsp3) is 0.294. The molecule has 2 heterocycles. The van der Waals surface area contributed by atoms with Crippen LogP contribution in [0.15, 0.2) is 33.4 Å². The summed E-state index contributed by atoms with van der Waals surface area (Å²) in [6.45, 7) is 5.82. The van der Waals surface area contributed by atoms with E-state index in [2.05, 4.69) is 15.3 Å². The lowest BCUT2D eigenvalue weighted by atomic mass is 10.0. The fourth-order valence-corrected chi connectivity index (χ4v) is 2.75. The number of hydrogen-bond donors (Lipinski definition) is 1. The highest BCUT2D eigenvalue weighted by Gasteiger charge is 2.26. The van der Waals surface area contributed by atoms with Crippen molar-refractivity contribution in [1.29, 1.82) is 0 Å². The molecule has 0 aromatic heterocycles. The predicted octanol–water partition coefficient (Wildman–Crippen LogP) is 1.25. The summed E-state index contributed by atoms with van der Waals surface area (Å²) < 4.78 is 5.38. The monoisotopic (exact) mass is 326 g/mol. The quantitative estimate of drug-likeness (QED) is 0.843. The molecule has 24 heavy (non-hydrogen) atoms. The summed E-state index contributed by atoms with van der Waals surface area (Å²) in [6, 6.07) is 2.94. The number of aliphatic imine (C=N–C) groups is 1. The number of rotatable bonds is 1. The van der Waals surface area contributed by atoms with Gasteiger partial charge in [-0.15, -0.1) is 0 Å². The number of urea groups is 1. The minimum Gasteiger partial charge on any atom is -0.410 e. The van der Waals surface area contributed by atoms with E-state index in [0.29, 0.717) is 11.6 Å². The van der Waals surface area contributed by atoms with Crippen LogP contribution in [0.1, 0.15) is 19.4 Å². The molecule has 0 atom stereocenters. The molecule has 7 nitrogen and oxygen atoms in total. The molecule has 2 aliphatic heterocycles. The zero-order chi connectivity index (χ0) is 17.6. The molecule has 1 N–H and O–H groups in total. The zero-order valence-electron chi connectivity index (χ0n) is 14.2. The summed E-state index contributed by atoms with van der Waals surface area (Å²) in [5, 5.41) is 4.11. The Morgan fingerprint density at radius 2 is 1.88 bits per heavy atom. The summed E-state index contributed by atoms with van der Waals surface area (Å²) >= 11 is 0. The van der Waals surface area contributed by atoms with Crippen LogP contribution < -0.4 is 20.6 Å². The summed E-state index contributed by atoms with van der Waals surface area (Å²) in [6.07, 6.45) is -0.749. The number of carbonyl (C=O) groups is 2. The molecule has 7 heteroatoms. The van der Waals surface area contributed by atoms with Crippen LogP contribution in [0.4, 0.5) is 9.59 Å². The first kappa shape index (κ1) is 15.9. The molecular weight excluding hydrogens is 308 g/mol.